The number of carbonyl (C=O) groups is 2. The Morgan fingerprint density at radius 2 is 2.06 bits per heavy atom. The Morgan fingerprint density at radius 3 is 2.87 bits per heavy atom. The second-order valence-electron chi connectivity index (χ2n) is 8.41. The normalized spacial score (nSPS) is 28.1. The number of methoxy groups -OCH3 is 1. The number of hydrogen-bond donors (Lipinski definition) is 1. The van der Waals surface area contributed by atoms with Crippen LogP contribution in [0.25, 0.3) is 0 Å². The molecule has 160 valence electrons. The summed E-state index contributed by atoms with van der Waals surface area (Å²) < 4.78 is 11.5. The van der Waals surface area contributed by atoms with Crippen LogP contribution in [0.1, 0.15) is 12.0 Å². The fourth-order valence-electron chi connectivity index (χ4n) is 5.06. The Hall–Kier alpha value is -3.12. The van der Waals surface area contributed by atoms with E-state index in [-0.39, 0.29) is 17.9 Å². The van der Waals surface area contributed by atoms with E-state index in [0.717, 1.165) is 18.5 Å². The average molecular weight is 418 g/mol. The molecular formula is C25H26N2O4. The molecule has 2 unspecified atom stereocenters. The van der Waals surface area contributed by atoms with Crippen LogP contribution in [0.4, 0.5) is 5.69 Å². The van der Waals surface area contributed by atoms with Gasteiger partial charge in [-0.05, 0) is 30.5 Å². The first-order valence-electron chi connectivity index (χ1n) is 10.8. The van der Waals surface area contributed by atoms with E-state index >= 15 is 0 Å². The van der Waals surface area contributed by atoms with Gasteiger partial charge >= 0.3 is 0 Å². The van der Waals surface area contributed by atoms with Crippen LogP contribution in [0.5, 0.6) is 5.75 Å². The third kappa shape index (κ3) is 3.41. The summed E-state index contributed by atoms with van der Waals surface area (Å²) in [6.45, 7) is 0.989. The fourth-order valence-corrected chi connectivity index (χ4v) is 5.06. The number of ether oxygens (including phenoxy) is 2. The number of carbonyl (C=O) groups excluding carboxylic acids is 2. The Balaban J connectivity index is 1.27. The lowest BCUT2D eigenvalue weighted by Gasteiger charge is -2.23. The van der Waals surface area contributed by atoms with Gasteiger partial charge in [-0.2, -0.15) is 0 Å². The maximum atomic E-state index is 13.4. The van der Waals surface area contributed by atoms with Crippen molar-refractivity contribution in [1.82, 2.24) is 5.32 Å². The van der Waals surface area contributed by atoms with Gasteiger partial charge in [0.1, 0.15) is 11.4 Å². The number of aryl methyl sites for hydroxylation is 1. The standard InChI is InChI=1S/C25H26N2O4/c1-30-19-11-5-10-18(15-19)27-16-25-13-12-20(31-25)21(22(25)24(27)29)23(28)26-14-6-9-17-7-3-2-4-8-17/h2-5,7-8,10-13,15,20-22H,6,9,14,16H2,1H3,(H,26,28)/t20-,21?,22?,25-/m1/s1. The second kappa shape index (κ2) is 7.85. The third-order valence-electron chi connectivity index (χ3n) is 6.55. The number of anilines is 1. The quantitative estimate of drug-likeness (QED) is 0.555. The molecule has 4 atom stereocenters. The summed E-state index contributed by atoms with van der Waals surface area (Å²) >= 11 is 0. The molecule has 2 aromatic carbocycles. The predicted octanol–water partition coefficient (Wildman–Crippen LogP) is 2.73. The van der Waals surface area contributed by atoms with E-state index in [2.05, 4.69) is 17.4 Å². The van der Waals surface area contributed by atoms with Crippen LogP contribution < -0.4 is 15.0 Å². The van der Waals surface area contributed by atoms with Crippen LogP contribution in [-0.2, 0) is 20.7 Å². The molecule has 0 radical (unpaired) electrons. The zero-order chi connectivity index (χ0) is 21.4. The van der Waals surface area contributed by atoms with Crippen LogP contribution in [0.15, 0.2) is 66.7 Å². The van der Waals surface area contributed by atoms with Crippen molar-refractivity contribution in [3.05, 3.63) is 72.3 Å². The van der Waals surface area contributed by atoms with E-state index in [1.54, 1.807) is 12.0 Å². The third-order valence-corrected chi connectivity index (χ3v) is 6.55. The van der Waals surface area contributed by atoms with Crippen LogP contribution >= 0.6 is 0 Å². The topological polar surface area (TPSA) is 67.9 Å². The first-order valence-corrected chi connectivity index (χ1v) is 10.8. The summed E-state index contributed by atoms with van der Waals surface area (Å²) in [7, 11) is 1.60. The summed E-state index contributed by atoms with van der Waals surface area (Å²) in [4.78, 5) is 28.2. The molecule has 31 heavy (non-hydrogen) atoms. The van der Waals surface area contributed by atoms with Gasteiger partial charge in [-0.25, -0.2) is 0 Å². The van der Waals surface area contributed by atoms with Crippen molar-refractivity contribution < 1.29 is 19.1 Å². The van der Waals surface area contributed by atoms with Gasteiger partial charge in [-0.15, -0.1) is 0 Å². The Kier molecular flexibility index (Phi) is 5.02. The van der Waals surface area contributed by atoms with Gasteiger partial charge in [0, 0.05) is 18.3 Å². The SMILES string of the molecule is COc1cccc(N2C[C@@]34C=C[C@@H](O3)C(C(=O)NCCCc3ccccc3)C4C2=O)c1. The molecule has 2 saturated heterocycles. The molecule has 3 aliphatic heterocycles. The van der Waals surface area contributed by atoms with Gasteiger partial charge in [0.15, 0.2) is 0 Å². The van der Waals surface area contributed by atoms with Crippen LogP contribution in [0, 0.1) is 11.8 Å². The van der Waals surface area contributed by atoms with Gasteiger partial charge in [-0.1, -0.05) is 48.6 Å². The maximum Gasteiger partial charge on any atom is 0.234 e. The minimum absolute atomic E-state index is 0.0652. The predicted molar refractivity (Wildman–Crippen MR) is 117 cm³/mol. The number of nitrogens with one attached hydrogen (secondary N) is 1. The van der Waals surface area contributed by atoms with Gasteiger partial charge in [0.05, 0.1) is 31.6 Å². The van der Waals surface area contributed by atoms with E-state index in [4.69, 9.17) is 9.47 Å². The minimum Gasteiger partial charge on any atom is -0.497 e. The van der Waals surface area contributed by atoms with Crippen molar-refractivity contribution in [2.75, 3.05) is 25.1 Å². The van der Waals surface area contributed by atoms with Crippen molar-refractivity contribution in [2.45, 2.75) is 24.5 Å². The lowest BCUT2D eigenvalue weighted by molar-refractivity contribution is -0.131. The van der Waals surface area contributed by atoms with Crippen molar-refractivity contribution in [1.29, 1.82) is 0 Å². The van der Waals surface area contributed by atoms with Crippen molar-refractivity contribution in [2.24, 2.45) is 11.8 Å². The number of hydrogen-bond acceptors (Lipinski definition) is 4. The van der Waals surface area contributed by atoms with Crippen molar-refractivity contribution in [3.8, 4) is 5.75 Å². The van der Waals surface area contributed by atoms with E-state index in [1.807, 2.05) is 54.6 Å². The zero-order valence-electron chi connectivity index (χ0n) is 17.5. The lowest BCUT2D eigenvalue weighted by Crippen LogP contribution is -2.44. The fraction of sp³-hybridized carbons (Fsp3) is 0.360. The van der Waals surface area contributed by atoms with E-state index < -0.39 is 17.4 Å². The summed E-state index contributed by atoms with van der Waals surface area (Å²) in [5.74, 6) is -0.472. The van der Waals surface area contributed by atoms with E-state index in [1.165, 1.54) is 5.56 Å². The van der Waals surface area contributed by atoms with Crippen LogP contribution in [0.3, 0.4) is 0 Å². The van der Waals surface area contributed by atoms with Gasteiger partial charge < -0.3 is 19.7 Å². The first kappa shape index (κ1) is 19.8. The molecule has 2 bridgehead atoms. The highest BCUT2D eigenvalue weighted by Gasteiger charge is 2.67. The number of nitrogens with zero attached hydrogens (tertiary/aromatic N) is 1. The summed E-state index contributed by atoms with van der Waals surface area (Å²) in [6.07, 6.45) is 5.33. The molecular weight excluding hydrogens is 392 g/mol. The highest BCUT2D eigenvalue weighted by atomic mass is 16.5. The Morgan fingerprint density at radius 1 is 1.23 bits per heavy atom. The molecule has 1 N–H and O–H groups in total. The van der Waals surface area contributed by atoms with Crippen molar-refractivity contribution in [3.63, 3.8) is 0 Å². The highest BCUT2D eigenvalue weighted by molar-refractivity contribution is 6.03. The van der Waals surface area contributed by atoms with Gasteiger partial charge in [-0.3, -0.25) is 9.59 Å². The monoisotopic (exact) mass is 418 g/mol. The number of benzene rings is 2. The lowest BCUT2D eigenvalue weighted by atomic mass is 9.77. The van der Waals surface area contributed by atoms with E-state index in [9.17, 15) is 9.59 Å². The summed E-state index contributed by atoms with van der Waals surface area (Å²) in [5, 5.41) is 3.04. The Labute approximate surface area is 181 Å². The molecule has 1 spiro atoms. The maximum absolute atomic E-state index is 13.4. The molecule has 0 aromatic heterocycles. The first-order chi connectivity index (χ1) is 15.1. The van der Waals surface area contributed by atoms with Crippen molar-refractivity contribution >= 4 is 17.5 Å². The number of rotatable bonds is 7. The minimum atomic E-state index is -0.725. The molecule has 6 heteroatoms. The van der Waals surface area contributed by atoms with Gasteiger partial charge in [0.2, 0.25) is 11.8 Å². The number of amides is 2. The molecule has 6 nitrogen and oxygen atoms in total. The molecule has 0 aliphatic carbocycles. The summed E-state index contributed by atoms with van der Waals surface area (Å²) in [6, 6.07) is 17.6. The Bertz CT molecular complexity index is 1020. The van der Waals surface area contributed by atoms with Crippen LogP contribution in [-0.4, -0.2) is 43.7 Å². The second-order valence-corrected chi connectivity index (χ2v) is 8.41. The molecule has 2 fully saturated rings. The molecule has 0 saturated carbocycles. The number of fused-ring (bicyclic) bond motifs is 1. The molecule has 3 heterocycles. The largest absolute Gasteiger partial charge is 0.497 e. The molecule has 2 amide bonds. The smallest absolute Gasteiger partial charge is 0.234 e. The highest BCUT2D eigenvalue weighted by Crippen LogP contribution is 2.52. The van der Waals surface area contributed by atoms with E-state index in [0.29, 0.717) is 18.8 Å². The molecule has 5 rings (SSSR count). The van der Waals surface area contributed by atoms with Gasteiger partial charge in [0.25, 0.3) is 0 Å². The molecule has 2 aromatic rings. The zero-order valence-corrected chi connectivity index (χ0v) is 17.5. The molecule has 3 aliphatic rings. The summed E-state index contributed by atoms with van der Waals surface area (Å²) in [5.41, 5.74) is 1.29. The average Bonchev–Trinajstić information content (AvgIpc) is 3.45. The van der Waals surface area contributed by atoms with Crippen LogP contribution in [0.2, 0.25) is 0 Å².